The van der Waals surface area contributed by atoms with Crippen LogP contribution < -0.4 is 0 Å². The van der Waals surface area contributed by atoms with E-state index < -0.39 is 0 Å². The molecule has 0 rings (SSSR count). The van der Waals surface area contributed by atoms with Gasteiger partial charge in [-0.05, 0) is 11.8 Å². The van der Waals surface area contributed by atoms with Gasteiger partial charge in [0, 0.05) is 0 Å². The van der Waals surface area contributed by atoms with E-state index in [4.69, 9.17) is 0 Å². The van der Waals surface area contributed by atoms with E-state index in [-0.39, 0.29) is 0 Å². The summed E-state index contributed by atoms with van der Waals surface area (Å²) >= 11 is 0. The van der Waals surface area contributed by atoms with Gasteiger partial charge in [-0.3, -0.25) is 0 Å². The molecule has 0 unspecified atom stereocenters. The van der Waals surface area contributed by atoms with Gasteiger partial charge >= 0.3 is 0 Å². The van der Waals surface area contributed by atoms with Crippen LogP contribution in [0.3, 0.4) is 0 Å². The summed E-state index contributed by atoms with van der Waals surface area (Å²) in [4.78, 5) is 0. The van der Waals surface area contributed by atoms with E-state index in [9.17, 15) is 0 Å². The maximum atomic E-state index is 4.14. The first kappa shape index (κ1) is 10.8. The Kier molecular flexibility index (Phi) is 3.92. The van der Waals surface area contributed by atoms with Gasteiger partial charge in [0.25, 0.3) is 0 Å². The van der Waals surface area contributed by atoms with Gasteiger partial charge in [0.1, 0.15) is 0 Å². The molecule has 0 spiro atoms. The molecule has 64 valence electrons. The van der Waals surface area contributed by atoms with Gasteiger partial charge in [0.2, 0.25) is 0 Å². The summed E-state index contributed by atoms with van der Waals surface area (Å²) in [6.07, 6.45) is 1.19. The molecule has 0 amide bonds. The van der Waals surface area contributed by atoms with Gasteiger partial charge in [-0.25, -0.2) is 0 Å². The van der Waals surface area contributed by atoms with Crippen molar-refractivity contribution in [3.8, 4) is 0 Å². The lowest BCUT2D eigenvalue weighted by Gasteiger charge is -2.26. The van der Waals surface area contributed by atoms with Crippen LogP contribution in [0.25, 0.3) is 0 Å². The maximum Gasteiger partial charge on any atom is 0.154 e. The zero-order valence-corrected chi connectivity index (χ0v) is 8.70. The molecule has 0 aliphatic rings. The van der Waals surface area contributed by atoms with Crippen LogP contribution in [0.15, 0.2) is 12.1 Å². The molecule has 0 aliphatic heterocycles. The van der Waals surface area contributed by atoms with E-state index in [1.54, 1.807) is 0 Å². The Bertz CT molecular complexity index is 134. The summed E-state index contributed by atoms with van der Waals surface area (Å²) in [5, 5.41) is 0. The van der Waals surface area contributed by atoms with Crippen molar-refractivity contribution in [3.05, 3.63) is 12.1 Å². The first-order chi connectivity index (χ1) is 4.90. The quantitative estimate of drug-likeness (QED) is 0.542. The standard InChI is InChI=1S/C10H21B/c1-7-10(5,6)9(4)11-8(2)3/h8,11H,4,7H2,1-3,5-6H3. The summed E-state index contributed by atoms with van der Waals surface area (Å²) in [6.45, 7) is 15.4. The zero-order valence-electron chi connectivity index (χ0n) is 8.70. The minimum Gasteiger partial charge on any atom is -0.108 e. The van der Waals surface area contributed by atoms with E-state index in [0.717, 1.165) is 5.82 Å². The van der Waals surface area contributed by atoms with Crippen LogP contribution in [-0.4, -0.2) is 7.28 Å². The van der Waals surface area contributed by atoms with Gasteiger partial charge in [0.15, 0.2) is 7.28 Å². The first-order valence-electron chi connectivity index (χ1n) is 4.58. The average Bonchev–Trinajstić information content (AvgIpc) is 1.86. The van der Waals surface area contributed by atoms with E-state index in [0.29, 0.717) is 5.41 Å². The van der Waals surface area contributed by atoms with Crippen molar-refractivity contribution in [1.82, 2.24) is 0 Å². The smallest absolute Gasteiger partial charge is 0.108 e. The van der Waals surface area contributed by atoms with Gasteiger partial charge in [-0.2, -0.15) is 0 Å². The van der Waals surface area contributed by atoms with Crippen LogP contribution in [-0.2, 0) is 0 Å². The lowest BCUT2D eigenvalue weighted by molar-refractivity contribution is 0.450. The fourth-order valence-corrected chi connectivity index (χ4v) is 1.02. The third-order valence-electron chi connectivity index (χ3n) is 2.50. The van der Waals surface area contributed by atoms with E-state index in [1.165, 1.54) is 19.2 Å². The molecule has 0 fully saturated rings. The van der Waals surface area contributed by atoms with E-state index in [2.05, 4.69) is 41.2 Å². The van der Waals surface area contributed by atoms with Gasteiger partial charge in [-0.15, -0.1) is 12.1 Å². The molecule has 0 heterocycles. The minimum atomic E-state index is 0.338. The van der Waals surface area contributed by atoms with Crippen molar-refractivity contribution in [2.75, 3.05) is 0 Å². The topological polar surface area (TPSA) is 0 Å². The summed E-state index contributed by atoms with van der Waals surface area (Å²) in [5.74, 6) is 0.744. The molecule has 0 nitrogen and oxygen atoms in total. The summed E-state index contributed by atoms with van der Waals surface area (Å²) in [7, 11) is 1.17. The predicted molar refractivity (Wildman–Crippen MR) is 55.5 cm³/mol. The molecule has 0 aromatic rings. The van der Waals surface area contributed by atoms with Crippen molar-refractivity contribution in [2.45, 2.75) is 46.9 Å². The molecule has 0 aromatic carbocycles. The van der Waals surface area contributed by atoms with Crippen molar-refractivity contribution in [2.24, 2.45) is 5.41 Å². The van der Waals surface area contributed by atoms with Crippen LogP contribution in [0, 0.1) is 5.41 Å². The Labute approximate surface area is 72.3 Å². The summed E-state index contributed by atoms with van der Waals surface area (Å²) in [5.41, 5.74) is 1.74. The predicted octanol–water partition coefficient (Wildman–Crippen LogP) is 3.20. The minimum absolute atomic E-state index is 0.338. The molecular weight excluding hydrogens is 131 g/mol. The Hall–Kier alpha value is -0.195. The molecule has 0 aliphatic carbocycles. The Morgan fingerprint density at radius 2 is 1.91 bits per heavy atom. The lowest BCUT2D eigenvalue weighted by atomic mass is 9.53. The van der Waals surface area contributed by atoms with Crippen LogP contribution in [0.1, 0.15) is 41.0 Å². The summed E-state index contributed by atoms with van der Waals surface area (Å²) in [6, 6.07) is 0. The second-order valence-electron chi connectivity index (χ2n) is 4.44. The van der Waals surface area contributed by atoms with Crippen LogP contribution in [0.4, 0.5) is 0 Å². The molecule has 11 heavy (non-hydrogen) atoms. The van der Waals surface area contributed by atoms with Crippen molar-refractivity contribution < 1.29 is 0 Å². The molecular formula is C10H21B. The normalized spacial score (nSPS) is 11.8. The third kappa shape index (κ3) is 3.64. The average molecular weight is 152 g/mol. The molecule has 0 radical (unpaired) electrons. The second kappa shape index (κ2) is 3.99. The molecule has 1 heteroatoms. The lowest BCUT2D eigenvalue weighted by Crippen LogP contribution is -2.18. The van der Waals surface area contributed by atoms with Crippen molar-refractivity contribution >= 4 is 7.28 Å². The molecule has 0 aromatic heterocycles. The van der Waals surface area contributed by atoms with Crippen molar-refractivity contribution in [1.29, 1.82) is 0 Å². The fourth-order valence-electron chi connectivity index (χ4n) is 1.02. The highest BCUT2D eigenvalue weighted by Gasteiger charge is 2.19. The fraction of sp³-hybridized carbons (Fsp3) is 0.800. The van der Waals surface area contributed by atoms with Gasteiger partial charge in [-0.1, -0.05) is 40.4 Å². The van der Waals surface area contributed by atoms with E-state index >= 15 is 0 Å². The van der Waals surface area contributed by atoms with Crippen LogP contribution in [0.5, 0.6) is 0 Å². The number of allylic oxidation sites excluding steroid dienone is 1. The molecule has 0 saturated heterocycles. The highest BCUT2D eigenvalue weighted by atomic mass is 14.2. The van der Waals surface area contributed by atoms with Crippen molar-refractivity contribution in [3.63, 3.8) is 0 Å². The monoisotopic (exact) mass is 152 g/mol. The largest absolute Gasteiger partial charge is 0.154 e. The van der Waals surface area contributed by atoms with Crippen LogP contribution in [0.2, 0.25) is 5.82 Å². The number of hydrogen-bond donors (Lipinski definition) is 0. The number of rotatable bonds is 4. The Balaban J connectivity index is 4.02. The zero-order chi connectivity index (χ0) is 9.07. The number of hydrogen-bond acceptors (Lipinski definition) is 0. The summed E-state index contributed by atoms with van der Waals surface area (Å²) < 4.78 is 0. The SMILES string of the molecule is C=C(BC(C)C)C(C)(C)CC. The second-order valence-corrected chi connectivity index (χ2v) is 4.44. The third-order valence-corrected chi connectivity index (χ3v) is 2.50. The van der Waals surface area contributed by atoms with Gasteiger partial charge in [0.05, 0.1) is 0 Å². The molecule has 0 bridgehead atoms. The van der Waals surface area contributed by atoms with Crippen LogP contribution >= 0.6 is 0 Å². The maximum absolute atomic E-state index is 4.14. The van der Waals surface area contributed by atoms with Gasteiger partial charge < -0.3 is 0 Å². The first-order valence-corrected chi connectivity index (χ1v) is 4.58. The molecule has 0 saturated carbocycles. The van der Waals surface area contributed by atoms with E-state index in [1.807, 2.05) is 0 Å². The molecule has 0 atom stereocenters. The highest BCUT2D eigenvalue weighted by Crippen LogP contribution is 2.29. The molecule has 0 N–H and O–H groups in total. The Morgan fingerprint density at radius 1 is 1.45 bits per heavy atom. The Morgan fingerprint density at radius 3 is 2.18 bits per heavy atom. The highest BCUT2D eigenvalue weighted by molar-refractivity contribution is 6.47.